The molecule has 4 rings (SSSR count). The minimum Gasteiger partial charge on any atom is -0.267 e. The van der Waals surface area contributed by atoms with Gasteiger partial charge in [0.05, 0.1) is 11.4 Å². The normalized spacial score (nSPS) is 11.5. The molecule has 0 unspecified atom stereocenters. The van der Waals surface area contributed by atoms with Crippen LogP contribution in [-0.2, 0) is 0 Å². The van der Waals surface area contributed by atoms with Gasteiger partial charge in [0.15, 0.2) is 5.65 Å². The second-order valence-corrected chi connectivity index (χ2v) is 6.32. The second-order valence-electron chi connectivity index (χ2n) is 5.88. The van der Waals surface area contributed by atoms with Crippen molar-refractivity contribution in [3.63, 3.8) is 0 Å². The van der Waals surface area contributed by atoms with Gasteiger partial charge in [-0.2, -0.15) is 4.52 Å². The molecule has 0 radical (unpaired) electrons. The third-order valence-corrected chi connectivity index (χ3v) is 4.27. The van der Waals surface area contributed by atoms with E-state index >= 15 is 0 Å². The molecule has 3 heterocycles. The van der Waals surface area contributed by atoms with Crippen LogP contribution >= 0.6 is 11.6 Å². The topological polar surface area (TPSA) is 52.2 Å². The highest BCUT2D eigenvalue weighted by molar-refractivity contribution is 6.30. The Morgan fingerprint density at radius 3 is 2.62 bits per heavy atom. The average molecular weight is 363 g/mol. The van der Waals surface area contributed by atoms with Gasteiger partial charge in [-0.1, -0.05) is 23.7 Å². The van der Waals surface area contributed by atoms with Crippen molar-refractivity contribution in [3.8, 4) is 5.69 Å². The van der Waals surface area contributed by atoms with E-state index in [9.17, 15) is 4.79 Å². The number of fused-ring (bicyclic) bond motifs is 1. The first-order valence-electron chi connectivity index (χ1n) is 8.08. The summed E-state index contributed by atoms with van der Waals surface area (Å²) in [5, 5.41) is 0.649. The maximum atomic E-state index is 12.7. The van der Waals surface area contributed by atoms with Gasteiger partial charge in [0.2, 0.25) is 0 Å². The average Bonchev–Trinajstić information content (AvgIpc) is 2.98. The van der Waals surface area contributed by atoms with Gasteiger partial charge >= 0.3 is 0 Å². The molecule has 0 spiro atoms. The lowest BCUT2D eigenvalue weighted by Crippen LogP contribution is -2.20. The largest absolute Gasteiger partial charge is 0.273 e. The lowest BCUT2D eigenvalue weighted by atomic mass is 10.2. The predicted octanol–water partition coefficient (Wildman–Crippen LogP) is 4.01. The van der Waals surface area contributed by atoms with E-state index < -0.39 is 0 Å². The van der Waals surface area contributed by atoms with Crippen molar-refractivity contribution in [2.45, 2.75) is 6.92 Å². The molecule has 128 valence electrons. The quantitative estimate of drug-likeness (QED) is 0.553. The Bertz CT molecular complexity index is 1160. The van der Waals surface area contributed by atoms with E-state index in [2.05, 4.69) is 9.97 Å². The van der Waals surface area contributed by atoms with E-state index in [4.69, 9.17) is 11.6 Å². The molecule has 0 saturated carbocycles. The number of nitrogens with zero attached hydrogens (tertiary/aromatic N) is 4. The summed E-state index contributed by atoms with van der Waals surface area (Å²) in [6.07, 6.45) is 7.17. The zero-order valence-corrected chi connectivity index (χ0v) is 14.8. The third-order valence-electron chi connectivity index (χ3n) is 4.01. The van der Waals surface area contributed by atoms with Crippen LogP contribution in [-0.4, -0.2) is 19.2 Å². The van der Waals surface area contributed by atoms with E-state index in [0.717, 1.165) is 16.9 Å². The van der Waals surface area contributed by atoms with Crippen LogP contribution in [0, 0.1) is 6.92 Å². The Morgan fingerprint density at radius 2 is 1.88 bits per heavy atom. The number of pyridine rings is 1. The van der Waals surface area contributed by atoms with Crippen LogP contribution in [0.3, 0.4) is 0 Å². The van der Waals surface area contributed by atoms with Crippen LogP contribution in [0.15, 0.2) is 65.7 Å². The molecule has 0 aliphatic carbocycles. The van der Waals surface area contributed by atoms with Crippen LogP contribution in [0.4, 0.5) is 0 Å². The van der Waals surface area contributed by atoms with Gasteiger partial charge in [-0.25, -0.2) is 9.67 Å². The van der Waals surface area contributed by atoms with Crippen LogP contribution in [0.1, 0.15) is 17.0 Å². The van der Waals surface area contributed by atoms with E-state index in [1.807, 2.05) is 54.1 Å². The Kier molecular flexibility index (Phi) is 4.14. The second kappa shape index (κ2) is 6.61. The molecule has 1 aromatic carbocycles. The highest BCUT2D eigenvalue weighted by atomic mass is 35.5. The number of aryl methyl sites for hydroxylation is 1. The molecule has 0 aliphatic heterocycles. The zero-order chi connectivity index (χ0) is 18.1. The summed E-state index contributed by atoms with van der Waals surface area (Å²) in [4.78, 5) is 21.4. The molecule has 6 heteroatoms. The molecule has 26 heavy (non-hydrogen) atoms. The first-order chi connectivity index (χ1) is 12.6. The van der Waals surface area contributed by atoms with Crippen LogP contribution in [0.2, 0.25) is 5.02 Å². The fraction of sp³-hybridized carbons (Fsp3) is 0.0500. The molecule has 5 nitrogen and oxygen atoms in total. The van der Waals surface area contributed by atoms with Gasteiger partial charge in [0, 0.05) is 35.2 Å². The number of hydrogen-bond donors (Lipinski definition) is 0. The molecule has 3 aromatic heterocycles. The summed E-state index contributed by atoms with van der Waals surface area (Å²) in [6, 6.07) is 14.5. The maximum absolute atomic E-state index is 12.7. The minimum atomic E-state index is -0.149. The summed E-state index contributed by atoms with van der Waals surface area (Å²) < 4.78 is 3.38. The number of aromatic nitrogens is 4. The van der Waals surface area contributed by atoms with Gasteiger partial charge < -0.3 is 0 Å². The van der Waals surface area contributed by atoms with Gasteiger partial charge in [-0.05, 0) is 48.9 Å². The maximum Gasteiger partial charge on any atom is 0.273 e. The molecule has 4 aromatic rings. The van der Waals surface area contributed by atoms with Gasteiger partial charge in [0.25, 0.3) is 5.56 Å². The van der Waals surface area contributed by atoms with Crippen molar-refractivity contribution in [1.29, 1.82) is 0 Å². The summed E-state index contributed by atoms with van der Waals surface area (Å²) in [7, 11) is 0. The molecule has 0 fully saturated rings. The molecule has 0 aliphatic rings. The molecule has 0 atom stereocenters. The zero-order valence-electron chi connectivity index (χ0n) is 14.0. The number of hydrogen-bond acceptors (Lipinski definition) is 3. The van der Waals surface area contributed by atoms with Crippen LogP contribution in [0.5, 0.6) is 0 Å². The number of halogens is 1. The van der Waals surface area contributed by atoms with Crippen molar-refractivity contribution in [1.82, 2.24) is 19.2 Å². The SMILES string of the molecule is Cc1cc2nc(/C=C/c3cccnc3)cc(=O)n2n1-c1ccc(Cl)cc1. The Labute approximate surface area is 154 Å². The molecule has 0 saturated heterocycles. The predicted molar refractivity (Wildman–Crippen MR) is 104 cm³/mol. The Hall–Kier alpha value is -3.18. The standard InChI is InChI=1S/C20H15ClN4O/c1-14-11-19-23-17(7-4-15-3-2-10-22-13-15)12-20(26)25(19)24(14)18-8-5-16(21)6-9-18/h2-13H,1H3/b7-4+. The fourth-order valence-electron chi connectivity index (χ4n) is 2.86. The first-order valence-corrected chi connectivity index (χ1v) is 8.46. The van der Waals surface area contributed by atoms with E-state index in [0.29, 0.717) is 16.4 Å². The molecule has 0 amide bonds. The van der Waals surface area contributed by atoms with Crippen molar-refractivity contribution in [3.05, 3.63) is 93.3 Å². The van der Waals surface area contributed by atoms with Crippen molar-refractivity contribution >= 4 is 29.4 Å². The van der Waals surface area contributed by atoms with E-state index in [1.54, 1.807) is 29.0 Å². The lowest BCUT2D eigenvalue weighted by Gasteiger charge is -2.09. The Balaban J connectivity index is 1.81. The highest BCUT2D eigenvalue weighted by Crippen LogP contribution is 2.17. The first kappa shape index (κ1) is 16.3. The number of benzene rings is 1. The van der Waals surface area contributed by atoms with Crippen LogP contribution in [0.25, 0.3) is 23.5 Å². The monoisotopic (exact) mass is 362 g/mol. The molecule has 0 N–H and O–H groups in total. The van der Waals surface area contributed by atoms with Crippen molar-refractivity contribution in [2.24, 2.45) is 0 Å². The summed E-state index contributed by atoms with van der Waals surface area (Å²) in [5.41, 5.74) is 3.76. The van der Waals surface area contributed by atoms with Gasteiger partial charge in [-0.3, -0.25) is 9.78 Å². The van der Waals surface area contributed by atoms with E-state index in [-0.39, 0.29) is 5.56 Å². The summed E-state index contributed by atoms with van der Waals surface area (Å²) in [5.74, 6) is 0. The van der Waals surface area contributed by atoms with Crippen molar-refractivity contribution in [2.75, 3.05) is 0 Å². The lowest BCUT2D eigenvalue weighted by molar-refractivity contribution is 0.743. The number of rotatable bonds is 3. The summed E-state index contributed by atoms with van der Waals surface area (Å²) >= 11 is 5.97. The van der Waals surface area contributed by atoms with Gasteiger partial charge in [0.1, 0.15) is 0 Å². The molecular weight excluding hydrogens is 348 g/mol. The van der Waals surface area contributed by atoms with Crippen LogP contribution < -0.4 is 5.56 Å². The van der Waals surface area contributed by atoms with Gasteiger partial charge in [-0.15, -0.1) is 0 Å². The molecular formula is C20H15ClN4O. The van der Waals surface area contributed by atoms with Crippen molar-refractivity contribution < 1.29 is 0 Å². The fourth-order valence-corrected chi connectivity index (χ4v) is 2.98. The smallest absolute Gasteiger partial charge is 0.267 e. The summed E-state index contributed by atoms with van der Waals surface area (Å²) in [6.45, 7) is 1.94. The third kappa shape index (κ3) is 3.05. The molecule has 0 bridgehead atoms. The minimum absolute atomic E-state index is 0.149. The Morgan fingerprint density at radius 1 is 1.08 bits per heavy atom. The van der Waals surface area contributed by atoms with E-state index in [1.165, 1.54) is 6.07 Å². The highest BCUT2D eigenvalue weighted by Gasteiger charge is 2.11.